The fourth-order valence-electron chi connectivity index (χ4n) is 3.60. The molecule has 4 nitrogen and oxygen atoms in total. The van der Waals surface area contributed by atoms with E-state index in [9.17, 15) is 4.79 Å². The summed E-state index contributed by atoms with van der Waals surface area (Å²) in [5.74, 6) is -0.130. The molecule has 0 aliphatic carbocycles. The minimum absolute atomic E-state index is 0.130. The van der Waals surface area contributed by atoms with E-state index in [4.69, 9.17) is 0 Å². The summed E-state index contributed by atoms with van der Waals surface area (Å²) in [6, 6.07) is 18.0. The lowest BCUT2D eigenvalue weighted by Gasteiger charge is -2.26. The van der Waals surface area contributed by atoms with Crippen LogP contribution < -0.4 is 5.32 Å². The molecule has 1 aromatic heterocycles. The number of rotatable bonds is 9. The SMILES string of the molecule is CCCCCCCn1nc(C(=O)NC(C)(C)c2ccccc2)c2ccccc21. The normalized spacial score (nSPS) is 11.7. The third kappa shape index (κ3) is 4.61. The zero-order chi connectivity index (χ0) is 20.0. The highest BCUT2D eigenvalue weighted by atomic mass is 16.2. The Bertz CT molecular complexity index is 912. The second-order valence-electron chi connectivity index (χ2n) is 7.95. The number of aryl methyl sites for hydroxylation is 1. The Labute approximate surface area is 168 Å². The molecular formula is C24H31N3O. The molecule has 148 valence electrons. The predicted molar refractivity (Wildman–Crippen MR) is 115 cm³/mol. The van der Waals surface area contributed by atoms with Gasteiger partial charge in [0.2, 0.25) is 0 Å². The molecule has 0 bridgehead atoms. The summed E-state index contributed by atoms with van der Waals surface area (Å²) in [6.45, 7) is 7.11. The van der Waals surface area contributed by atoms with Gasteiger partial charge in [0.1, 0.15) is 0 Å². The van der Waals surface area contributed by atoms with Crippen molar-refractivity contribution in [1.29, 1.82) is 0 Å². The first kappa shape index (κ1) is 20.1. The van der Waals surface area contributed by atoms with Crippen LogP contribution in [0.5, 0.6) is 0 Å². The molecule has 0 unspecified atom stereocenters. The molecule has 0 spiro atoms. The van der Waals surface area contributed by atoms with Crippen LogP contribution in [0.3, 0.4) is 0 Å². The molecule has 1 N–H and O–H groups in total. The van der Waals surface area contributed by atoms with Crippen LogP contribution in [0.1, 0.15) is 68.9 Å². The Morgan fingerprint density at radius 1 is 0.964 bits per heavy atom. The number of para-hydroxylation sites is 1. The molecule has 4 heteroatoms. The Morgan fingerprint density at radius 3 is 2.39 bits per heavy atom. The second-order valence-corrected chi connectivity index (χ2v) is 7.95. The van der Waals surface area contributed by atoms with Gasteiger partial charge in [-0.3, -0.25) is 9.48 Å². The molecule has 0 fully saturated rings. The molecule has 0 saturated heterocycles. The van der Waals surface area contributed by atoms with E-state index >= 15 is 0 Å². The number of nitrogens with one attached hydrogen (secondary N) is 1. The van der Waals surface area contributed by atoms with Crippen LogP contribution in [-0.4, -0.2) is 15.7 Å². The van der Waals surface area contributed by atoms with Crippen LogP contribution in [0.25, 0.3) is 10.9 Å². The molecule has 3 aromatic rings. The third-order valence-corrected chi connectivity index (χ3v) is 5.27. The number of fused-ring (bicyclic) bond motifs is 1. The molecule has 0 atom stereocenters. The van der Waals surface area contributed by atoms with Crippen molar-refractivity contribution < 1.29 is 4.79 Å². The Balaban J connectivity index is 1.79. The summed E-state index contributed by atoms with van der Waals surface area (Å²) in [5.41, 5.74) is 2.14. The van der Waals surface area contributed by atoms with Gasteiger partial charge in [0, 0.05) is 11.9 Å². The Kier molecular flexibility index (Phi) is 6.50. The standard InChI is InChI=1S/C24H31N3O/c1-4-5-6-7-13-18-27-21-17-12-11-16-20(21)22(26-27)23(28)25-24(2,3)19-14-9-8-10-15-19/h8-12,14-17H,4-7,13,18H2,1-3H3,(H,25,28). The van der Waals surface area contributed by atoms with Crippen molar-refractivity contribution in [3.05, 3.63) is 65.9 Å². The fraction of sp³-hybridized carbons (Fsp3) is 0.417. The highest BCUT2D eigenvalue weighted by Gasteiger charge is 2.26. The average molecular weight is 378 g/mol. The zero-order valence-electron chi connectivity index (χ0n) is 17.2. The maximum absolute atomic E-state index is 13.1. The monoisotopic (exact) mass is 377 g/mol. The Morgan fingerprint density at radius 2 is 1.64 bits per heavy atom. The summed E-state index contributed by atoms with van der Waals surface area (Å²) in [4.78, 5) is 13.1. The maximum Gasteiger partial charge on any atom is 0.273 e. The van der Waals surface area contributed by atoms with Gasteiger partial charge in [-0.15, -0.1) is 0 Å². The van der Waals surface area contributed by atoms with Crippen LogP contribution in [0.2, 0.25) is 0 Å². The van der Waals surface area contributed by atoms with Gasteiger partial charge in [-0.25, -0.2) is 0 Å². The van der Waals surface area contributed by atoms with Crippen molar-refractivity contribution >= 4 is 16.8 Å². The lowest BCUT2D eigenvalue weighted by atomic mass is 9.94. The number of carbonyl (C=O) groups excluding carboxylic acids is 1. The van der Waals surface area contributed by atoms with Crippen LogP contribution in [0.4, 0.5) is 0 Å². The van der Waals surface area contributed by atoms with Gasteiger partial charge >= 0.3 is 0 Å². The fourth-order valence-corrected chi connectivity index (χ4v) is 3.60. The van der Waals surface area contributed by atoms with Crippen LogP contribution >= 0.6 is 0 Å². The summed E-state index contributed by atoms with van der Waals surface area (Å²) >= 11 is 0. The van der Waals surface area contributed by atoms with E-state index in [0.29, 0.717) is 5.69 Å². The predicted octanol–water partition coefficient (Wildman–Crippen LogP) is 5.67. The first-order valence-electron chi connectivity index (χ1n) is 10.4. The second kappa shape index (κ2) is 9.05. The number of carbonyl (C=O) groups is 1. The molecule has 0 aliphatic rings. The summed E-state index contributed by atoms with van der Waals surface area (Å²) in [7, 11) is 0. The largest absolute Gasteiger partial charge is 0.342 e. The molecule has 1 amide bonds. The van der Waals surface area contributed by atoms with Gasteiger partial charge in [0.05, 0.1) is 11.1 Å². The van der Waals surface area contributed by atoms with E-state index in [1.54, 1.807) is 0 Å². The summed E-state index contributed by atoms with van der Waals surface area (Å²) in [5, 5.41) is 8.77. The smallest absolute Gasteiger partial charge is 0.273 e. The van der Waals surface area contributed by atoms with E-state index in [2.05, 4.69) is 17.3 Å². The highest BCUT2D eigenvalue weighted by Crippen LogP contribution is 2.23. The minimum Gasteiger partial charge on any atom is -0.342 e. The first-order valence-corrected chi connectivity index (χ1v) is 10.4. The van der Waals surface area contributed by atoms with Crippen molar-refractivity contribution in [2.45, 2.75) is 65.0 Å². The number of hydrogen-bond acceptors (Lipinski definition) is 2. The van der Waals surface area contributed by atoms with Crippen molar-refractivity contribution in [2.24, 2.45) is 0 Å². The number of benzene rings is 2. The first-order chi connectivity index (χ1) is 13.5. The van der Waals surface area contributed by atoms with Crippen LogP contribution in [0, 0.1) is 0 Å². The van der Waals surface area contributed by atoms with Gasteiger partial charge in [-0.2, -0.15) is 5.10 Å². The number of amides is 1. The van der Waals surface area contributed by atoms with Crippen LogP contribution in [-0.2, 0) is 12.1 Å². The number of unbranched alkanes of at least 4 members (excludes halogenated alkanes) is 4. The number of aromatic nitrogens is 2. The molecule has 0 radical (unpaired) electrons. The lowest BCUT2D eigenvalue weighted by molar-refractivity contribution is 0.0907. The van der Waals surface area contributed by atoms with E-state index in [1.165, 1.54) is 25.7 Å². The van der Waals surface area contributed by atoms with Crippen molar-refractivity contribution in [3.63, 3.8) is 0 Å². The summed E-state index contributed by atoms with van der Waals surface area (Å²) in [6.07, 6.45) is 6.06. The van der Waals surface area contributed by atoms with Crippen LogP contribution in [0.15, 0.2) is 54.6 Å². The van der Waals surface area contributed by atoms with E-state index in [0.717, 1.165) is 29.4 Å². The number of hydrogen-bond donors (Lipinski definition) is 1. The van der Waals surface area contributed by atoms with Gasteiger partial charge in [0.15, 0.2) is 5.69 Å². The highest BCUT2D eigenvalue weighted by molar-refractivity contribution is 6.05. The van der Waals surface area contributed by atoms with E-state index in [1.807, 2.05) is 73.1 Å². The average Bonchev–Trinajstić information content (AvgIpc) is 3.07. The molecule has 0 aliphatic heterocycles. The molecule has 1 heterocycles. The quantitative estimate of drug-likeness (QED) is 0.488. The summed E-state index contributed by atoms with van der Waals surface area (Å²) < 4.78 is 1.99. The third-order valence-electron chi connectivity index (χ3n) is 5.27. The molecule has 3 rings (SSSR count). The Hall–Kier alpha value is -2.62. The molecule has 28 heavy (non-hydrogen) atoms. The van der Waals surface area contributed by atoms with E-state index in [-0.39, 0.29) is 5.91 Å². The molecular weight excluding hydrogens is 346 g/mol. The van der Waals surface area contributed by atoms with Crippen molar-refractivity contribution in [3.8, 4) is 0 Å². The maximum atomic E-state index is 13.1. The number of nitrogens with zero attached hydrogens (tertiary/aromatic N) is 2. The van der Waals surface area contributed by atoms with Gasteiger partial charge in [-0.05, 0) is 31.9 Å². The van der Waals surface area contributed by atoms with Crippen molar-refractivity contribution in [2.75, 3.05) is 0 Å². The van der Waals surface area contributed by atoms with Gasteiger partial charge in [-0.1, -0.05) is 81.1 Å². The van der Waals surface area contributed by atoms with Crippen molar-refractivity contribution in [1.82, 2.24) is 15.1 Å². The lowest BCUT2D eigenvalue weighted by Crippen LogP contribution is -2.41. The topological polar surface area (TPSA) is 46.9 Å². The zero-order valence-corrected chi connectivity index (χ0v) is 17.2. The van der Waals surface area contributed by atoms with E-state index < -0.39 is 5.54 Å². The molecule has 2 aromatic carbocycles. The van der Waals surface area contributed by atoms with Gasteiger partial charge in [0.25, 0.3) is 5.91 Å². The minimum atomic E-state index is -0.469. The van der Waals surface area contributed by atoms with Gasteiger partial charge < -0.3 is 5.32 Å². The molecule has 0 saturated carbocycles.